The predicted molar refractivity (Wildman–Crippen MR) is 119 cm³/mol. The Bertz CT molecular complexity index is 1050. The van der Waals surface area contributed by atoms with E-state index in [1.807, 2.05) is 0 Å². The number of halogens is 2. The van der Waals surface area contributed by atoms with Gasteiger partial charge in [-0.3, -0.25) is 9.59 Å². The number of carbonyl (C=O) groups excluding carboxylic acids is 2. The van der Waals surface area contributed by atoms with Crippen LogP contribution < -0.4 is 15.4 Å². The number of benzene rings is 2. The van der Waals surface area contributed by atoms with Gasteiger partial charge in [0.05, 0.1) is 23.4 Å². The maximum Gasteiger partial charge on any atom is 0.240 e. The first kappa shape index (κ1) is 21.9. The van der Waals surface area contributed by atoms with Gasteiger partial charge in [-0.1, -0.05) is 35.0 Å². The highest BCUT2D eigenvalue weighted by molar-refractivity contribution is 8.15. The first-order valence-electron chi connectivity index (χ1n) is 8.56. The molecule has 0 radical (unpaired) electrons. The van der Waals surface area contributed by atoms with Crippen LogP contribution in [0.2, 0.25) is 10.0 Å². The summed E-state index contributed by atoms with van der Waals surface area (Å²) in [4.78, 5) is 24.3. The molecule has 1 aliphatic rings. The van der Waals surface area contributed by atoms with Gasteiger partial charge in [-0.2, -0.15) is 5.10 Å². The first-order valence-corrected chi connectivity index (χ1v) is 10.2. The highest BCUT2D eigenvalue weighted by Crippen LogP contribution is 2.27. The van der Waals surface area contributed by atoms with Gasteiger partial charge in [-0.25, -0.2) is 0 Å². The Kier molecular flexibility index (Phi) is 7.20. The summed E-state index contributed by atoms with van der Waals surface area (Å²) in [7, 11) is 1.44. The molecular weight excluding hydrogens is 451 g/mol. The summed E-state index contributed by atoms with van der Waals surface area (Å²) in [5, 5.41) is 23.1. The van der Waals surface area contributed by atoms with E-state index >= 15 is 0 Å². The van der Waals surface area contributed by atoms with Gasteiger partial charge in [-0.15, -0.1) is 5.10 Å². The summed E-state index contributed by atoms with van der Waals surface area (Å²) < 4.78 is 5.03. The van der Waals surface area contributed by atoms with Crippen LogP contribution in [-0.2, 0) is 9.59 Å². The number of thioether (sulfide) groups is 1. The average Bonchev–Trinajstić information content (AvgIpc) is 3.05. The largest absolute Gasteiger partial charge is 0.504 e. The molecule has 0 spiro atoms. The Balaban J connectivity index is 1.57. The summed E-state index contributed by atoms with van der Waals surface area (Å²) in [5.74, 6) is -0.351. The molecule has 0 bridgehead atoms. The number of phenols is 1. The van der Waals surface area contributed by atoms with E-state index in [-0.39, 0.29) is 29.2 Å². The first-order chi connectivity index (χ1) is 14.4. The highest BCUT2D eigenvalue weighted by Gasteiger charge is 2.32. The number of phenolic OH excluding ortho intramolecular Hbond substituents is 1. The highest BCUT2D eigenvalue weighted by atomic mass is 35.5. The maximum absolute atomic E-state index is 12.2. The minimum absolute atomic E-state index is 0.0153. The Morgan fingerprint density at radius 3 is 2.83 bits per heavy atom. The van der Waals surface area contributed by atoms with E-state index in [2.05, 4.69) is 20.8 Å². The van der Waals surface area contributed by atoms with Crippen molar-refractivity contribution < 1.29 is 19.4 Å². The van der Waals surface area contributed by atoms with E-state index in [0.717, 1.165) is 11.8 Å². The second-order valence-electron chi connectivity index (χ2n) is 6.06. The summed E-state index contributed by atoms with van der Waals surface area (Å²) in [5.41, 5.74) is 1.14. The SMILES string of the molecule is COc1cc(/C=N/N=C2\NC(=O)[C@H](CC(=O)Nc3ccc(Cl)c(Cl)c3)S2)ccc1O. The summed E-state index contributed by atoms with van der Waals surface area (Å²) in [6.45, 7) is 0. The Hall–Kier alpha value is -2.75. The summed E-state index contributed by atoms with van der Waals surface area (Å²) >= 11 is 12.9. The molecule has 0 saturated carbocycles. The maximum atomic E-state index is 12.2. The second-order valence-corrected chi connectivity index (χ2v) is 8.06. The molecule has 3 rings (SSSR count). The van der Waals surface area contributed by atoms with Gasteiger partial charge >= 0.3 is 0 Å². The molecule has 0 aromatic heterocycles. The van der Waals surface area contributed by atoms with Crippen molar-refractivity contribution >= 4 is 63.8 Å². The van der Waals surface area contributed by atoms with Crippen LogP contribution in [-0.4, -0.2) is 40.7 Å². The van der Waals surface area contributed by atoms with Crippen molar-refractivity contribution in [3.05, 3.63) is 52.0 Å². The van der Waals surface area contributed by atoms with Crippen LogP contribution in [0.5, 0.6) is 11.5 Å². The predicted octanol–water partition coefficient (Wildman–Crippen LogP) is 3.66. The number of nitrogens with one attached hydrogen (secondary N) is 2. The third-order valence-corrected chi connectivity index (χ3v) is 5.72. The van der Waals surface area contributed by atoms with Crippen molar-refractivity contribution in [2.75, 3.05) is 12.4 Å². The van der Waals surface area contributed by atoms with Crippen LogP contribution in [0.15, 0.2) is 46.6 Å². The average molecular weight is 467 g/mol. The number of aromatic hydroxyl groups is 1. The monoisotopic (exact) mass is 466 g/mol. The lowest BCUT2D eigenvalue weighted by atomic mass is 10.2. The number of nitrogens with zero attached hydrogens (tertiary/aromatic N) is 2. The van der Waals surface area contributed by atoms with Crippen LogP contribution in [0.3, 0.4) is 0 Å². The molecule has 30 heavy (non-hydrogen) atoms. The zero-order chi connectivity index (χ0) is 21.7. The van der Waals surface area contributed by atoms with Crippen LogP contribution >= 0.6 is 35.0 Å². The van der Waals surface area contributed by atoms with E-state index in [9.17, 15) is 14.7 Å². The van der Waals surface area contributed by atoms with Gasteiger partial charge in [0.2, 0.25) is 11.8 Å². The number of amides is 2. The van der Waals surface area contributed by atoms with Gasteiger partial charge < -0.3 is 20.5 Å². The molecule has 2 aromatic rings. The number of amidine groups is 1. The fraction of sp³-hybridized carbons (Fsp3) is 0.158. The van der Waals surface area contributed by atoms with E-state index in [1.54, 1.807) is 24.3 Å². The van der Waals surface area contributed by atoms with Crippen molar-refractivity contribution in [1.29, 1.82) is 0 Å². The molecule has 156 valence electrons. The number of methoxy groups -OCH3 is 1. The van der Waals surface area contributed by atoms with Gasteiger partial charge in [0.1, 0.15) is 5.25 Å². The molecule has 1 saturated heterocycles. The molecule has 11 heteroatoms. The zero-order valence-electron chi connectivity index (χ0n) is 15.6. The number of rotatable bonds is 6. The number of anilines is 1. The van der Waals surface area contributed by atoms with E-state index in [1.165, 1.54) is 25.5 Å². The van der Waals surface area contributed by atoms with Gasteiger partial charge in [-0.05, 0) is 42.0 Å². The third-order valence-electron chi connectivity index (χ3n) is 3.91. The molecule has 1 atom stereocenters. The molecular formula is C19H16Cl2N4O4S. The number of ether oxygens (including phenoxy) is 1. The fourth-order valence-electron chi connectivity index (χ4n) is 2.46. The van der Waals surface area contributed by atoms with Gasteiger partial charge in [0.15, 0.2) is 16.7 Å². The normalized spacial score (nSPS) is 17.4. The number of hydrogen-bond acceptors (Lipinski definition) is 7. The fourth-order valence-corrected chi connectivity index (χ4v) is 3.69. The van der Waals surface area contributed by atoms with Crippen molar-refractivity contribution in [3.63, 3.8) is 0 Å². The van der Waals surface area contributed by atoms with Gasteiger partial charge in [0, 0.05) is 12.1 Å². The van der Waals surface area contributed by atoms with E-state index in [4.69, 9.17) is 27.9 Å². The van der Waals surface area contributed by atoms with Crippen molar-refractivity contribution in [1.82, 2.24) is 5.32 Å². The van der Waals surface area contributed by atoms with Crippen molar-refractivity contribution in [2.24, 2.45) is 10.2 Å². The van der Waals surface area contributed by atoms with Crippen LogP contribution in [0.4, 0.5) is 5.69 Å². The van der Waals surface area contributed by atoms with Crippen LogP contribution in [0, 0.1) is 0 Å². The van der Waals surface area contributed by atoms with Crippen LogP contribution in [0.1, 0.15) is 12.0 Å². The Morgan fingerprint density at radius 1 is 1.30 bits per heavy atom. The minimum atomic E-state index is -0.629. The molecule has 1 heterocycles. The Labute approximate surface area is 186 Å². The van der Waals surface area contributed by atoms with E-state index in [0.29, 0.717) is 27.0 Å². The molecule has 2 aromatic carbocycles. The molecule has 8 nitrogen and oxygen atoms in total. The zero-order valence-corrected chi connectivity index (χ0v) is 17.9. The lowest BCUT2D eigenvalue weighted by Crippen LogP contribution is -2.28. The number of hydrogen-bond donors (Lipinski definition) is 3. The number of carbonyl (C=O) groups is 2. The molecule has 0 unspecified atom stereocenters. The second kappa shape index (κ2) is 9.84. The Morgan fingerprint density at radius 2 is 2.10 bits per heavy atom. The molecule has 0 aliphatic carbocycles. The van der Waals surface area contributed by atoms with Crippen LogP contribution in [0.25, 0.3) is 0 Å². The molecule has 1 fully saturated rings. The third kappa shape index (κ3) is 5.65. The smallest absolute Gasteiger partial charge is 0.240 e. The quantitative estimate of drug-likeness (QED) is 0.444. The van der Waals surface area contributed by atoms with Crippen molar-refractivity contribution in [3.8, 4) is 11.5 Å². The summed E-state index contributed by atoms with van der Waals surface area (Å²) in [6.07, 6.45) is 1.40. The molecule has 3 N–H and O–H groups in total. The minimum Gasteiger partial charge on any atom is -0.504 e. The topological polar surface area (TPSA) is 112 Å². The van der Waals surface area contributed by atoms with Gasteiger partial charge in [0.25, 0.3) is 0 Å². The standard InChI is InChI=1S/C19H16Cl2N4O4S/c1-29-15-6-10(2-5-14(15)26)9-22-25-19-24-18(28)16(30-19)8-17(27)23-11-3-4-12(20)13(21)7-11/h2-7,9,16,26H,8H2,1H3,(H,23,27)(H,24,25,28)/b22-9+/t16-/m0/s1. The van der Waals surface area contributed by atoms with E-state index < -0.39 is 5.25 Å². The molecule has 1 aliphatic heterocycles. The lowest BCUT2D eigenvalue weighted by Gasteiger charge is -2.08. The molecule has 2 amide bonds. The lowest BCUT2D eigenvalue weighted by molar-refractivity contribution is -0.122. The van der Waals surface area contributed by atoms with Crippen molar-refractivity contribution in [2.45, 2.75) is 11.7 Å². The summed E-state index contributed by atoms with van der Waals surface area (Å²) in [6, 6.07) is 9.43.